The highest BCUT2D eigenvalue weighted by atomic mass is 79.9. The molecule has 1 aliphatic rings. The Hall–Kier alpha value is -1.47. The van der Waals surface area contributed by atoms with Crippen LogP contribution in [0.15, 0.2) is 22.7 Å². The van der Waals surface area contributed by atoms with Gasteiger partial charge in [0.1, 0.15) is 0 Å². The maximum Gasteiger partial charge on any atom is 0.270 e. The first kappa shape index (κ1) is 13.0. The van der Waals surface area contributed by atoms with E-state index in [1.54, 1.807) is 11.0 Å². The zero-order chi connectivity index (χ0) is 13.3. The molecule has 0 radical (unpaired) electrons. The van der Waals surface area contributed by atoms with Crippen LogP contribution in [0.2, 0.25) is 0 Å². The molecule has 1 aliphatic heterocycles. The summed E-state index contributed by atoms with van der Waals surface area (Å²) in [6.07, 6.45) is -0.250. The number of hydrogen-bond acceptors (Lipinski definition) is 4. The van der Waals surface area contributed by atoms with E-state index in [4.69, 9.17) is 5.11 Å². The number of halogens is 1. The van der Waals surface area contributed by atoms with Gasteiger partial charge in [-0.05, 0) is 5.56 Å². The van der Waals surface area contributed by atoms with Crippen LogP contribution < -0.4 is 0 Å². The van der Waals surface area contributed by atoms with E-state index in [-0.39, 0.29) is 18.0 Å². The summed E-state index contributed by atoms with van der Waals surface area (Å²) in [6.45, 7) is 0.729. The second kappa shape index (κ2) is 5.03. The fourth-order valence-electron chi connectivity index (χ4n) is 1.73. The van der Waals surface area contributed by atoms with Crippen LogP contribution in [0.1, 0.15) is 5.56 Å². The van der Waals surface area contributed by atoms with Gasteiger partial charge in [0.2, 0.25) is 5.91 Å². The fourth-order valence-corrected chi connectivity index (χ4v) is 2.23. The van der Waals surface area contributed by atoms with E-state index < -0.39 is 11.0 Å². The van der Waals surface area contributed by atoms with Crippen molar-refractivity contribution in [3.8, 4) is 0 Å². The molecule has 0 unspecified atom stereocenters. The van der Waals surface area contributed by atoms with Gasteiger partial charge in [0.15, 0.2) is 0 Å². The van der Waals surface area contributed by atoms with Gasteiger partial charge < -0.3 is 10.0 Å². The third-order valence-corrected chi connectivity index (χ3v) is 3.54. The molecule has 1 saturated heterocycles. The summed E-state index contributed by atoms with van der Waals surface area (Å²) < 4.78 is 0.547. The lowest BCUT2D eigenvalue weighted by molar-refractivity contribution is -0.384. The summed E-state index contributed by atoms with van der Waals surface area (Å²) in [6, 6.07) is 4.32. The van der Waals surface area contributed by atoms with Crippen molar-refractivity contribution in [3.05, 3.63) is 38.3 Å². The standard InChI is InChI=1S/C11H11BrN2O4/c12-10-4-8(14(17)18)2-1-7(10)3-11(16)13-5-9(15)6-13/h1-2,4,9,15H,3,5-6H2. The van der Waals surface area contributed by atoms with Gasteiger partial charge in [0.25, 0.3) is 5.69 Å². The molecule has 0 bridgehead atoms. The Labute approximate surface area is 111 Å². The minimum absolute atomic E-state index is 0.0163. The molecule has 6 nitrogen and oxygen atoms in total. The number of benzene rings is 1. The number of β-amino-alcohol motifs (C(OH)–C–C–N with tert-alkyl or cyclic N) is 1. The molecular formula is C11H11BrN2O4. The largest absolute Gasteiger partial charge is 0.389 e. The third kappa shape index (κ3) is 2.68. The van der Waals surface area contributed by atoms with Gasteiger partial charge in [0, 0.05) is 29.7 Å². The Morgan fingerprint density at radius 3 is 2.72 bits per heavy atom. The number of aliphatic hydroxyl groups is 1. The number of hydrogen-bond donors (Lipinski definition) is 1. The average Bonchev–Trinajstić information content (AvgIpc) is 2.27. The molecule has 1 heterocycles. The fraction of sp³-hybridized carbons (Fsp3) is 0.364. The predicted molar refractivity (Wildman–Crippen MR) is 67.1 cm³/mol. The number of amides is 1. The Bertz CT molecular complexity index is 500. The summed E-state index contributed by atoms with van der Waals surface area (Å²) in [5.41, 5.74) is 0.685. The molecule has 7 heteroatoms. The lowest BCUT2D eigenvalue weighted by Gasteiger charge is -2.36. The maximum atomic E-state index is 11.8. The topological polar surface area (TPSA) is 83.7 Å². The predicted octanol–water partition coefficient (Wildman–Crippen LogP) is 1.10. The molecule has 1 aromatic rings. The lowest BCUT2D eigenvalue weighted by Crippen LogP contribution is -2.53. The highest BCUT2D eigenvalue weighted by Crippen LogP contribution is 2.24. The number of likely N-dealkylation sites (tertiary alicyclic amines) is 1. The summed E-state index contributed by atoms with van der Waals surface area (Å²) in [5.74, 6) is -0.0881. The van der Waals surface area contributed by atoms with Gasteiger partial charge in [-0.1, -0.05) is 22.0 Å². The maximum absolute atomic E-state index is 11.8. The number of nitrogens with zero attached hydrogens (tertiary/aromatic N) is 2. The van der Waals surface area contributed by atoms with E-state index in [2.05, 4.69) is 15.9 Å². The highest BCUT2D eigenvalue weighted by molar-refractivity contribution is 9.10. The zero-order valence-electron chi connectivity index (χ0n) is 9.38. The molecule has 0 saturated carbocycles. The van der Waals surface area contributed by atoms with Crippen LogP contribution in [0, 0.1) is 10.1 Å². The van der Waals surface area contributed by atoms with Crippen molar-refractivity contribution in [2.45, 2.75) is 12.5 Å². The van der Waals surface area contributed by atoms with E-state index in [1.165, 1.54) is 12.1 Å². The van der Waals surface area contributed by atoms with Crippen molar-refractivity contribution in [1.82, 2.24) is 4.90 Å². The van der Waals surface area contributed by atoms with Crippen LogP contribution in [0.25, 0.3) is 0 Å². The number of non-ortho nitro benzene ring substituents is 1. The zero-order valence-corrected chi connectivity index (χ0v) is 11.0. The molecule has 1 N–H and O–H groups in total. The average molecular weight is 315 g/mol. The number of carbonyl (C=O) groups excluding carboxylic acids is 1. The van der Waals surface area contributed by atoms with Crippen molar-refractivity contribution in [2.24, 2.45) is 0 Å². The molecular weight excluding hydrogens is 304 g/mol. The first-order valence-electron chi connectivity index (χ1n) is 5.36. The van der Waals surface area contributed by atoms with Gasteiger partial charge in [-0.2, -0.15) is 0 Å². The van der Waals surface area contributed by atoms with E-state index in [9.17, 15) is 14.9 Å². The first-order chi connectivity index (χ1) is 8.47. The van der Waals surface area contributed by atoms with E-state index in [0.717, 1.165) is 0 Å². The van der Waals surface area contributed by atoms with Gasteiger partial charge in [0.05, 0.1) is 17.4 Å². The normalized spacial score (nSPS) is 15.3. The smallest absolute Gasteiger partial charge is 0.270 e. The number of nitro groups is 1. The molecule has 0 aliphatic carbocycles. The second-order valence-electron chi connectivity index (χ2n) is 4.16. The Morgan fingerprint density at radius 1 is 1.56 bits per heavy atom. The molecule has 96 valence electrons. The monoisotopic (exact) mass is 314 g/mol. The summed E-state index contributed by atoms with van der Waals surface area (Å²) >= 11 is 3.22. The molecule has 18 heavy (non-hydrogen) atoms. The van der Waals surface area contributed by atoms with E-state index in [0.29, 0.717) is 23.1 Å². The number of nitro benzene ring substituents is 1. The molecule has 0 aromatic heterocycles. The number of aliphatic hydroxyl groups excluding tert-OH is 1. The van der Waals surface area contributed by atoms with Crippen molar-refractivity contribution in [2.75, 3.05) is 13.1 Å². The molecule has 1 amide bonds. The Kier molecular flexibility index (Phi) is 3.63. The van der Waals surface area contributed by atoms with Crippen molar-refractivity contribution in [1.29, 1.82) is 0 Å². The van der Waals surface area contributed by atoms with Gasteiger partial charge in [-0.15, -0.1) is 0 Å². The minimum Gasteiger partial charge on any atom is -0.389 e. The molecule has 0 atom stereocenters. The van der Waals surface area contributed by atoms with Crippen LogP contribution >= 0.6 is 15.9 Å². The number of carbonyl (C=O) groups is 1. The first-order valence-corrected chi connectivity index (χ1v) is 6.15. The molecule has 1 fully saturated rings. The summed E-state index contributed by atoms with van der Waals surface area (Å²) in [7, 11) is 0. The lowest BCUT2D eigenvalue weighted by atomic mass is 10.1. The van der Waals surface area contributed by atoms with Crippen molar-refractivity contribution >= 4 is 27.5 Å². The highest BCUT2D eigenvalue weighted by Gasteiger charge is 2.28. The Balaban J connectivity index is 2.05. The SMILES string of the molecule is O=C(Cc1ccc([N+](=O)[O-])cc1Br)N1CC(O)C1. The van der Waals surface area contributed by atoms with Crippen LogP contribution in [0.4, 0.5) is 5.69 Å². The molecule has 1 aromatic carbocycles. The van der Waals surface area contributed by atoms with E-state index >= 15 is 0 Å². The summed E-state index contributed by atoms with van der Waals surface area (Å²) in [4.78, 5) is 23.4. The second-order valence-corrected chi connectivity index (χ2v) is 5.02. The molecule has 2 rings (SSSR count). The van der Waals surface area contributed by atoms with Gasteiger partial charge >= 0.3 is 0 Å². The van der Waals surface area contributed by atoms with Crippen LogP contribution in [0.5, 0.6) is 0 Å². The van der Waals surface area contributed by atoms with Gasteiger partial charge in [-0.25, -0.2) is 0 Å². The quantitative estimate of drug-likeness (QED) is 0.669. The minimum atomic E-state index is -0.484. The third-order valence-electron chi connectivity index (χ3n) is 2.80. The summed E-state index contributed by atoms with van der Waals surface area (Å²) in [5, 5.41) is 19.7. The van der Waals surface area contributed by atoms with Crippen LogP contribution in [0.3, 0.4) is 0 Å². The van der Waals surface area contributed by atoms with Crippen molar-refractivity contribution in [3.63, 3.8) is 0 Å². The van der Waals surface area contributed by atoms with Gasteiger partial charge in [-0.3, -0.25) is 14.9 Å². The van der Waals surface area contributed by atoms with E-state index in [1.807, 2.05) is 0 Å². The number of rotatable bonds is 3. The van der Waals surface area contributed by atoms with Crippen LogP contribution in [-0.4, -0.2) is 40.0 Å². The van der Waals surface area contributed by atoms with Crippen molar-refractivity contribution < 1.29 is 14.8 Å². The Morgan fingerprint density at radius 2 is 2.22 bits per heavy atom. The van der Waals surface area contributed by atoms with Crippen LogP contribution in [-0.2, 0) is 11.2 Å². The molecule has 0 spiro atoms.